The van der Waals surface area contributed by atoms with Crippen molar-refractivity contribution in [1.82, 2.24) is 4.98 Å². The summed E-state index contributed by atoms with van der Waals surface area (Å²) < 4.78 is 6.83. The fraction of sp³-hybridized carbons (Fsp3) is 0.0909. The van der Waals surface area contributed by atoms with E-state index in [9.17, 15) is 9.90 Å². The maximum atomic E-state index is 11.9. The van der Waals surface area contributed by atoms with E-state index >= 15 is 0 Å². The average Bonchev–Trinajstić information content (AvgIpc) is 3.14. The zero-order valence-corrected chi connectivity index (χ0v) is 19.1. The van der Waals surface area contributed by atoms with Gasteiger partial charge in [-0.2, -0.15) is 0 Å². The summed E-state index contributed by atoms with van der Waals surface area (Å²) in [7, 11) is 0. The number of hydrogen-bond acceptors (Lipinski definition) is 4. The first-order valence-electron chi connectivity index (χ1n) is 9.14. The van der Waals surface area contributed by atoms with Gasteiger partial charge in [0.2, 0.25) is 5.13 Å². The van der Waals surface area contributed by atoms with Gasteiger partial charge in [-0.25, -0.2) is 14.7 Å². The normalized spacial score (nSPS) is 12.0. The topological polar surface area (TPSA) is 62.7 Å². The van der Waals surface area contributed by atoms with Crippen LogP contribution in [0.5, 0.6) is 5.75 Å². The van der Waals surface area contributed by atoms with E-state index in [1.54, 1.807) is 48.5 Å². The fourth-order valence-electron chi connectivity index (χ4n) is 3.12. The molecule has 3 aromatic carbocycles. The zero-order chi connectivity index (χ0) is 22.1. The Bertz CT molecular complexity index is 1260. The van der Waals surface area contributed by atoms with Crippen molar-refractivity contribution in [3.05, 3.63) is 81.3 Å². The van der Waals surface area contributed by atoms with E-state index in [0.717, 1.165) is 9.60 Å². The molecule has 0 saturated carbocycles. The summed E-state index contributed by atoms with van der Waals surface area (Å²) in [6.45, 7) is 1.83. The van der Waals surface area contributed by atoms with Crippen LogP contribution in [0, 0.1) is 0 Å². The van der Waals surface area contributed by atoms with Crippen LogP contribution in [0.3, 0.4) is 0 Å². The Morgan fingerprint density at radius 1 is 1.06 bits per heavy atom. The molecule has 0 bridgehead atoms. The van der Waals surface area contributed by atoms with E-state index < -0.39 is 12.2 Å². The van der Waals surface area contributed by atoms with Crippen LogP contribution in [0.15, 0.2) is 60.7 Å². The summed E-state index contributed by atoms with van der Waals surface area (Å²) in [5.41, 5.74) is 1.78. The molecule has 4 aromatic rings. The number of amides is 1. The third-order valence-corrected chi connectivity index (χ3v) is 6.70. The Balaban J connectivity index is 1.65. The predicted octanol–water partition coefficient (Wildman–Crippen LogP) is 8.21. The van der Waals surface area contributed by atoms with Crippen molar-refractivity contribution in [2.45, 2.75) is 13.0 Å². The molecule has 1 atom stereocenters. The fourth-order valence-corrected chi connectivity index (χ4v) is 4.97. The first-order chi connectivity index (χ1) is 14.8. The summed E-state index contributed by atoms with van der Waals surface area (Å²) in [4.78, 5) is 17.5. The molecule has 31 heavy (non-hydrogen) atoms. The second-order valence-electron chi connectivity index (χ2n) is 6.60. The van der Waals surface area contributed by atoms with Crippen molar-refractivity contribution < 1.29 is 14.6 Å². The molecular weight excluding hydrogens is 479 g/mol. The van der Waals surface area contributed by atoms with Gasteiger partial charge in [0.1, 0.15) is 11.9 Å². The number of benzene rings is 3. The van der Waals surface area contributed by atoms with Crippen molar-refractivity contribution in [2.24, 2.45) is 0 Å². The molecule has 0 aliphatic carbocycles. The lowest BCUT2D eigenvalue weighted by Crippen LogP contribution is -2.23. The Morgan fingerprint density at radius 3 is 2.48 bits per heavy atom. The van der Waals surface area contributed by atoms with Crippen LogP contribution >= 0.6 is 46.1 Å². The molecule has 9 heteroatoms. The molecule has 0 aliphatic heterocycles. The van der Waals surface area contributed by atoms with Gasteiger partial charge in [-0.3, -0.25) is 0 Å². The summed E-state index contributed by atoms with van der Waals surface area (Å²) in [6.07, 6.45) is -1.57. The van der Waals surface area contributed by atoms with Gasteiger partial charge in [0.25, 0.3) is 0 Å². The molecule has 1 amide bonds. The van der Waals surface area contributed by atoms with Gasteiger partial charge in [-0.1, -0.05) is 64.3 Å². The first kappa shape index (κ1) is 21.7. The van der Waals surface area contributed by atoms with Crippen molar-refractivity contribution in [2.75, 3.05) is 4.90 Å². The quantitative estimate of drug-likeness (QED) is 0.284. The summed E-state index contributed by atoms with van der Waals surface area (Å²) in [5, 5.41) is 11.3. The van der Waals surface area contributed by atoms with E-state index in [4.69, 9.17) is 39.5 Å². The van der Waals surface area contributed by atoms with Crippen molar-refractivity contribution >= 4 is 73.3 Å². The van der Waals surface area contributed by atoms with Gasteiger partial charge in [0.05, 0.1) is 25.9 Å². The lowest BCUT2D eigenvalue weighted by molar-refractivity contribution is 0.205. The third kappa shape index (κ3) is 4.43. The summed E-state index contributed by atoms with van der Waals surface area (Å²) in [6, 6.07) is 17.5. The van der Waals surface area contributed by atoms with Gasteiger partial charge >= 0.3 is 6.09 Å². The highest BCUT2D eigenvalue weighted by atomic mass is 35.5. The predicted molar refractivity (Wildman–Crippen MR) is 127 cm³/mol. The maximum absolute atomic E-state index is 11.9. The zero-order valence-electron chi connectivity index (χ0n) is 16.1. The molecule has 1 aromatic heterocycles. The van der Waals surface area contributed by atoms with Crippen molar-refractivity contribution in [1.29, 1.82) is 0 Å². The highest BCUT2D eigenvalue weighted by Gasteiger charge is 2.22. The monoisotopic (exact) mass is 492 g/mol. The molecule has 0 saturated heterocycles. The van der Waals surface area contributed by atoms with Crippen LogP contribution in [0.1, 0.15) is 18.6 Å². The molecule has 1 N–H and O–H groups in total. The molecule has 0 fully saturated rings. The SMILES string of the molecule is CC(Oc1ccc2nc(N(C(=O)O)c3ccccc3)sc2c1)c1c(Cl)ccc(Cl)c1Cl. The number of carboxylic acid groups (broad SMARTS) is 1. The van der Waals surface area contributed by atoms with Crippen molar-refractivity contribution in [3.8, 4) is 5.75 Å². The maximum Gasteiger partial charge on any atom is 0.418 e. The van der Waals surface area contributed by atoms with Gasteiger partial charge in [-0.05, 0) is 49.4 Å². The number of thiazole rings is 1. The lowest BCUT2D eigenvalue weighted by atomic mass is 10.1. The molecule has 0 radical (unpaired) electrons. The second kappa shape index (κ2) is 8.93. The minimum Gasteiger partial charge on any atom is -0.486 e. The highest BCUT2D eigenvalue weighted by molar-refractivity contribution is 7.22. The Hall–Kier alpha value is -2.51. The molecular formula is C22H15Cl3N2O3S. The number of aromatic nitrogens is 1. The van der Waals surface area contributed by atoms with Crippen molar-refractivity contribution in [3.63, 3.8) is 0 Å². The second-order valence-corrected chi connectivity index (χ2v) is 8.80. The number of nitrogens with zero attached hydrogens (tertiary/aromatic N) is 2. The van der Waals surface area contributed by atoms with Crippen LogP contribution in [-0.4, -0.2) is 16.2 Å². The lowest BCUT2D eigenvalue weighted by Gasteiger charge is -2.18. The summed E-state index contributed by atoms with van der Waals surface area (Å²) in [5.74, 6) is 0.573. The minimum absolute atomic E-state index is 0.347. The Kier molecular flexibility index (Phi) is 6.25. The number of hydrogen-bond donors (Lipinski definition) is 1. The van der Waals surface area contributed by atoms with Crippen LogP contribution in [0.25, 0.3) is 10.2 Å². The number of carbonyl (C=O) groups is 1. The number of rotatable bonds is 5. The number of ether oxygens (including phenoxy) is 1. The molecule has 0 aliphatic rings. The average molecular weight is 494 g/mol. The van der Waals surface area contributed by atoms with E-state index in [-0.39, 0.29) is 0 Å². The number of halogens is 3. The van der Waals surface area contributed by atoms with Gasteiger partial charge in [0.15, 0.2) is 0 Å². The molecule has 1 unspecified atom stereocenters. The van der Waals surface area contributed by atoms with E-state index in [1.165, 1.54) is 11.3 Å². The van der Waals surface area contributed by atoms with Gasteiger partial charge in [0, 0.05) is 10.6 Å². The minimum atomic E-state index is -1.11. The highest BCUT2D eigenvalue weighted by Crippen LogP contribution is 2.39. The van der Waals surface area contributed by atoms with E-state index in [1.807, 2.05) is 19.1 Å². The standard InChI is InChI=1S/C22H15Cl3N2O3S/c1-12(19-15(23)8-9-16(24)20(19)25)30-14-7-10-17-18(11-14)31-21(26-17)27(22(28)29)13-5-3-2-4-6-13/h2-12H,1H3,(H,28,29). The smallest absolute Gasteiger partial charge is 0.418 e. The molecule has 158 valence electrons. The largest absolute Gasteiger partial charge is 0.486 e. The number of anilines is 2. The summed E-state index contributed by atoms with van der Waals surface area (Å²) >= 11 is 20.0. The van der Waals surface area contributed by atoms with E-state index in [2.05, 4.69) is 4.98 Å². The molecule has 5 nitrogen and oxygen atoms in total. The molecule has 1 heterocycles. The van der Waals surface area contributed by atoms with E-state index in [0.29, 0.717) is 42.7 Å². The molecule has 4 rings (SSSR count). The van der Waals surface area contributed by atoms with Gasteiger partial charge in [-0.15, -0.1) is 0 Å². The van der Waals surface area contributed by atoms with Crippen LogP contribution < -0.4 is 9.64 Å². The number of para-hydroxylation sites is 1. The van der Waals surface area contributed by atoms with Crippen LogP contribution in [0.4, 0.5) is 15.6 Å². The van der Waals surface area contributed by atoms with Crippen LogP contribution in [0.2, 0.25) is 15.1 Å². The molecule has 0 spiro atoms. The Morgan fingerprint density at radius 2 is 1.77 bits per heavy atom. The Labute approximate surface area is 197 Å². The van der Waals surface area contributed by atoms with Crippen LogP contribution in [-0.2, 0) is 0 Å². The first-order valence-corrected chi connectivity index (χ1v) is 11.1. The third-order valence-electron chi connectivity index (χ3n) is 4.54. The van der Waals surface area contributed by atoms with Gasteiger partial charge < -0.3 is 9.84 Å². The number of fused-ring (bicyclic) bond motifs is 1.